The van der Waals surface area contributed by atoms with Gasteiger partial charge in [-0.15, -0.1) is 0 Å². The molecule has 8 heteroatoms. The third-order valence-electron chi connectivity index (χ3n) is 4.79. The first-order chi connectivity index (χ1) is 14.9. The summed E-state index contributed by atoms with van der Waals surface area (Å²) in [5, 5.41) is 11.5. The average molecular weight is 417 g/mol. The molecule has 1 aliphatic carbocycles. The number of nitrogens with zero attached hydrogens (tertiary/aromatic N) is 1. The van der Waals surface area contributed by atoms with Crippen LogP contribution in [-0.2, 0) is 4.74 Å². The molecule has 2 aromatic carbocycles. The third kappa shape index (κ3) is 3.55. The highest BCUT2D eigenvalue weighted by Gasteiger charge is 2.33. The van der Waals surface area contributed by atoms with Crippen LogP contribution in [0.15, 0.2) is 64.6 Å². The van der Waals surface area contributed by atoms with E-state index in [0.29, 0.717) is 11.1 Å². The molecule has 0 fully saturated rings. The Hall–Kier alpha value is -4.33. The zero-order valence-electron chi connectivity index (χ0n) is 16.3. The minimum Gasteiger partial charge on any atom is -0.462 e. The van der Waals surface area contributed by atoms with Gasteiger partial charge >= 0.3 is 5.97 Å². The number of furan rings is 1. The second-order valence-corrected chi connectivity index (χ2v) is 6.67. The number of hydrogen-bond acceptors (Lipinski definition) is 7. The number of nitro groups is 1. The molecule has 4 rings (SSSR count). The van der Waals surface area contributed by atoms with Crippen LogP contribution < -0.4 is 0 Å². The summed E-state index contributed by atoms with van der Waals surface area (Å²) in [7, 11) is 0. The highest BCUT2D eigenvalue weighted by Crippen LogP contribution is 2.34. The molecule has 0 radical (unpaired) electrons. The molecule has 0 aliphatic heterocycles. The lowest BCUT2D eigenvalue weighted by molar-refractivity contribution is -0.384. The topological polar surface area (TPSA) is 117 Å². The molecule has 1 aromatic heterocycles. The Balaban J connectivity index is 1.69. The van der Waals surface area contributed by atoms with Crippen molar-refractivity contribution >= 4 is 29.3 Å². The Morgan fingerprint density at radius 1 is 1.03 bits per heavy atom. The summed E-state index contributed by atoms with van der Waals surface area (Å²) in [6.45, 7) is 1.78. The molecule has 31 heavy (non-hydrogen) atoms. The van der Waals surface area contributed by atoms with Crippen LogP contribution in [0.3, 0.4) is 0 Å². The van der Waals surface area contributed by atoms with Gasteiger partial charge in [-0.05, 0) is 37.3 Å². The van der Waals surface area contributed by atoms with Crippen molar-refractivity contribution in [3.63, 3.8) is 0 Å². The van der Waals surface area contributed by atoms with Crippen molar-refractivity contribution in [3.8, 4) is 11.3 Å². The number of carbonyl (C=O) groups excluding carboxylic acids is 3. The molecule has 0 saturated carbocycles. The molecule has 1 heterocycles. The van der Waals surface area contributed by atoms with E-state index < -0.39 is 22.5 Å². The van der Waals surface area contributed by atoms with Crippen molar-refractivity contribution in [1.29, 1.82) is 0 Å². The number of rotatable bonds is 5. The van der Waals surface area contributed by atoms with E-state index in [1.54, 1.807) is 31.2 Å². The zero-order chi connectivity index (χ0) is 22.1. The van der Waals surface area contributed by atoms with Crippen LogP contribution in [0.5, 0.6) is 0 Å². The van der Waals surface area contributed by atoms with E-state index in [1.807, 2.05) is 0 Å². The summed E-state index contributed by atoms with van der Waals surface area (Å²) < 4.78 is 10.5. The average Bonchev–Trinajstić information content (AvgIpc) is 3.33. The van der Waals surface area contributed by atoms with Gasteiger partial charge in [0, 0.05) is 17.2 Å². The third-order valence-corrected chi connectivity index (χ3v) is 4.79. The monoisotopic (exact) mass is 417 g/mol. The SMILES string of the molecule is CCOC(=O)c1ccc(-c2ccc(C=C3C(=O)c4ccccc4C3=O)o2)c([N+](=O)[O-])c1. The Morgan fingerprint density at radius 2 is 1.71 bits per heavy atom. The molecule has 8 nitrogen and oxygen atoms in total. The first kappa shape index (κ1) is 20.0. The van der Waals surface area contributed by atoms with E-state index >= 15 is 0 Å². The molecule has 0 atom stereocenters. The first-order valence-corrected chi connectivity index (χ1v) is 9.36. The molecule has 0 amide bonds. The van der Waals surface area contributed by atoms with Gasteiger partial charge in [-0.2, -0.15) is 0 Å². The molecule has 3 aromatic rings. The highest BCUT2D eigenvalue weighted by molar-refractivity contribution is 6.41. The maximum atomic E-state index is 12.5. The maximum absolute atomic E-state index is 12.5. The van der Waals surface area contributed by atoms with Gasteiger partial charge in [0.05, 0.1) is 28.2 Å². The molecular weight excluding hydrogens is 402 g/mol. The highest BCUT2D eigenvalue weighted by atomic mass is 16.6. The van der Waals surface area contributed by atoms with Gasteiger partial charge in [0.2, 0.25) is 0 Å². The van der Waals surface area contributed by atoms with E-state index in [0.717, 1.165) is 6.07 Å². The number of carbonyl (C=O) groups is 3. The molecule has 154 valence electrons. The largest absolute Gasteiger partial charge is 0.462 e. The minimum atomic E-state index is -0.667. The maximum Gasteiger partial charge on any atom is 0.338 e. The standard InChI is InChI=1S/C23H15NO7/c1-2-30-23(27)13-7-9-17(19(11-13)24(28)29)20-10-8-14(31-20)12-18-21(25)15-5-3-4-6-16(15)22(18)26/h3-12H,2H2,1H3. The summed E-state index contributed by atoms with van der Waals surface area (Å²) in [5.41, 5.74) is 0.487. The molecule has 1 aliphatic rings. The van der Waals surface area contributed by atoms with E-state index in [2.05, 4.69) is 0 Å². The van der Waals surface area contributed by atoms with Gasteiger partial charge in [0.1, 0.15) is 11.5 Å². The second kappa shape index (κ2) is 7.83. The molecule has 0 bridgehead atoms. The molecule has 0 N–H and O–H groups in total. The predicted octanol–water partition coefficient (Wildman–Crippen LogP) is 4.49. The lowest BCUT2D eigenvalue weighted by Crippen LogP contribution is -2.05. The van der Waals surface area contributed by atoms with E-state index in [-0.39, 0.29) is 40.5 Å². The van der Waals surface area contributed by atoms with E-state index in [9.17, 15) is 24.5 Å². The number of benzene rings is 2. The predicted molar refractivity (Wildman–Crippen MR) is 110 cm³/mol. The number of allylic oxidation sites excluding steroid dienone is 1. The molecular formula is C23H15NO7. The molecule has 0 spiro atoms. The van der Waals surface area contributed by atoms with E-state index in [1.165, 1.54) is 30.3 Å². The second-order valence-electron chi connectivity index (χ2n) is 6.67. The van der Waals surface area contributed by atoms with Crippen molar-refractivity contribution in [2.75, 3.05) is 6.61 Å². The summed E-state index contributed by atoms with van der Waals surface area (Å²) in [4.78, 5) is 47.8. The van der Waals surface area contributed by atoms with Crippen LogP contribution in [0.2, 0.25) is 0 Å². The number of ketones is 2. The quantitative estimate of drug-likeness (QED) is 0.197. The van der Waals surface area contributed by atoms with Gasteiger partial charge in [0.15, 0.2) is 11.6 Å². The number of fused-ring (bicyclic) bond motifs is 1. The van der Waals surface area contributed by atoms with Gasteiger partial charge in [-0.25, -0.2) is 4.79 Å². The van der Waals surface area contributed by atoms with Gasteiger partial charge in [0.25, 0.3) is 5.69 Å². The first-order valence-electron chi connectivity index (χ1n) is 9.36. The Labute approximate surface area is 175 Å². The number of esters is 1. The van der Waals surface area contributed by atoms with Crippen LogP contribution in [0.25, 0.3) is 17.4 Å². The van der Waals surface area contributed by atoms with Crippen LogP contribution in [0.1, 0.15) is 43.8 Å². The van der Waals surface area contributed by atoms with Crippen LogP contribution >= 0.6 is 0 Å². The Morgan fingerprint density at radius 3 is 2.32 bits per heavy atom. The Kier molecular flexibility index (Phi) is 5.04. The van der Waals surface area contributed by atoms with Gasteiger partial charge in [-0.1, -0.05) is 24.3 Å². The van der Waals surface area contributed by atoms with Gasteiger partial charge < -0.3 is 9.15 Å². The minimum absolute atomic E-state index is 0.0331. The van der Waals surface area contributed by atoms with Crippen LogP contribution in [0.4, 0.5) is 5.69 Å². The lowest BCUT2D eigenvalue weighted by atomic mass is 10.1. The van der Waals surface area contributed by atoms with Gasteiger partial charge in [-0.3, -0.25) is 19.7 Å². The fourth-order valence-electron chi connectivity index (χ4n) is 3.35. The van der Waals surface area contributed by atoms with Crippen molar-refractivity contribution in [2.24, 2.45) is 0 Å². The normalized spacial score (nSPS) is 12.6. The number of ether oxygens (including phenoxy) is 1. The van der Waals surface area contributed by atoms with Crippen molar-refractivity contribution in [2.45, 2.75) is 6.92 Å². The van der Waals surface area contributed by atoms with E-state index in [4.69, 9.17) is 9.15 Å². The molecule has 0 saturated heterocycles. The fourth-order valence-corrected chi connectivity index (χ4v) is 3.35. The van der Waals surface area contributed by atoms with Crippen molar-refractivity contribution < 1.29 is 28.5 Å². The fraction of sp³-hybridized carbons (Fsp3) is 0.0870. The summed E-state index contributed by atoms with van der Waals surface area (Å²) in [6.07, 6.45) is 1.33. The number of hydrogen-bond donors (Lipinski definition) is 0. The van der Waals surface area contributed by atoms with Crippen molar-refractivity contribution in [3.05, 3.63) is 92.7 Å². The molecule has 0 unspecified atom stereocenters. The summed E-state index contributed by atoms with van der Waals surface area (Å²) >= 11 is 0. The number of Topliss-reactive ketones (excluding diaryl/α,β-unsaturated/α-hetero) is 2. The summed E-state index contributed by atoms with van der Waals surface area (Å²) in [6, 6.07) is 13.4. The number of nitro benzene ring substituents is 1. The van der Waals surface area contributed by atoms with Crippen molar-refractivity contribution in [1.82, 2.24) is 0 Å². The smallest absolute Gasteiger partial charge is 0.338 e. The summed E-state index contributed by atoms with van der Waals surface area (Å²) in [5.74, 6) is -1.11. The zero-order valence-corrected chi connectivity index (χ0v) is 16.3. The lowest BCUT2D eigenvalue weighted by Gasteiger charge is -2.04. The van der Waals surface area contributed by atoms with Crippen LogP contribution in [0, 0.1) is 10.1 Å². The van der Waals surface area contributed by atoms with Crippen LogP contribution in [-0.4, -0.2) is 29.1 Å². The Bertz CT molecular complexity index is 1250.